The van der Waals surface area contributed by atoms with Gasteiger partial charge in [-0.25, -0.2) is 0 Å². The van der Waals surface area contributed by atoms with Gasteiger partial charge in [-0.15, -0.1) is 12.4 Å². The minimum absolute atomic E-state index is 0. The third-order valence-electron chi connectivity index (χ3n) is 1.12. The number of carboxylic acids is 1. The van der Waals surface area contributed by atoms with Gasteiger partial charge in [0.1, 0.15) is 6.04 Å². The quantitative estimate of drug-likeness (QED) is 0.529. The molecule has 0 saturated carbocycles. The SMILES string of the molecule is Cl.O=C(O)C1CCN1. The first kappa shape index (κ1) is 7.72. The molecule has 0 aliphatic carbocycles. The molecule has 1 fully saturated rings. The van der Waals surface area contributed by atoms with Gasteiger partial charge in [0.25, 0.3) is 0 Å². The van der Waals surface area contributed by atoms with E-state index in [9.17, 15) is 4.79 Å². The van der Waals surface area contributed by atoms with Crippen LogP contribution < -0.4 is 5.32 Å². The van der Waals surface area contributed by atoms with Crippen LogP contribution in [-0.4, -0.2) is 23.7 Å². The Morgan fingerprint density at radius 2 is 2.25 bits per heavy atom. The van der Waals surface area contributed by atoms with Gasteiger partial charge in [-0.2, -0.15) is 0 Å². The van der Waals surface area contributed by atoms with Crippen LogP contribution in [0.5, 0.6) is 0 Å². The summed E-state index contributed by atoms with van der Waals surface area (Å²) in [4.78, 5) is 9.92. The molecule has 0 amide bonds. The fraction of sp³-hybridized carbons (Fsp3) is 0.750. The Hall–Kier alpha value is -0.280. The molecule has 1 saturated heterocycles. The van der Waals surface area contributed by atoms with E-state index in [-0.39, 0.29) is 18.4 Å². The Labute approximate surface area is 53.5 Å². The lowest BCUT2D eigenvalue weighted by Crippen LogP contribution is -2.48. The molecular weight excluding hydrogens is 130 g/mol. The molecule has 1 rings (SSSR count). The van der Waals surface area contributed by atoms with Gasteiger partial charge in [-0.3, -0.25) is 4.79 Å². The van der Waals surface area contributed by atoms with Crippen molar-refractivity contribution >= 4 is 18.4 Å². The Morgan fingerprint density at radius 1 is 1.75 bits per heavy atom. The maximum absolute atomic E-state index is 9.92. The summed E-state index contributed by atoms with van der Waals surface area (Å²) in [7, 11) is 0. The molecule has 0 radical (unpaired) electrons. The van der Waals surface area contributed by atoms with Crippen LogP contribution in [0.4, 0.5) is 0 Å². The van der Waals surface area contributed by atoms with Crippen LogP contribution in [0.1, 0.15) is 6.42 Å². The minimum atomic E-state index is -0.730. The summed E-state index contributed by atoms with van der Waals surface area (Å²) in [6, 6.07) is -0.250. The number of hydrogen-bond acceptors (Lipinski definition) is 2. The van der Waals surface area contributed by atoms with Crippen molar-refractivity contribution in [3.05, 3.63) is 0 Å². The molecule has 1 aliphatic rings. The standard InChI is InChI=1S/C4H7NO2.ClH/c6-4(7)3-1-2-5-3;/h3,5H,1-2H2,(H,6,7);1H. The van der Waals surface area contributed by atoms with Crippen molar-refractivity contribution in [1.82, 2.24) is 5.32 Å². The van der Waals surface area contributed by atoms with Gasteiger partial charge in [-0.1, -0.05) is 0 Å². The molecule has 0 spiro atoms. The fourth-order valence-corrected chi connectivity index (χ4v) is 0.499. The summed E-state index contributed by atoms with van der Waals surface area (Å²) in [5.74, 6) is -0.730. The third kappa shape index (κ3) is 1.35. The molecule has 8 heavy (non-hydrogen) atoms. The van der Waals surface area contributed by atoms with E-state index in [4.69, 9.17) is 5.11 Å². The van der Waals surface area contributed by atoms with Crippen LogP contribution in [0.15, 0.2) is 0 Å². The summed E-state index contributed by atoms with van der Waals surface area (Å²) in [5.41, 5.74) is 0. The Balaban J connectivity index is 0.000000490. The maximum atomic E-state index is 9.92. The summed E-state index contributed by atoms with van der Waals surface area (Å²) < 4.78 is 0. The second kappa shape index (κ2) is 2.89. The van der Waals surface area contributed by atoms with Crippen molar-refractivity contribution in [3.63, 3.8) is 0 Å². The molecule has 48 valence electrons. The van der Waals surface area contributed by atoms with Crippen molar-refractivity contribution in [2.45, 2.75) is 12.5 Å². The fourth-order valence-electron chi connectivity index (χ4n) is 0.499. The van der Waals surface area contributed by atoms with Gasteiger partial charge in [0.05, 0.1) is 0 Å². The topological polar surface area (TPSA) is 49.3 Å². The van der Waals surface area contributed by atoms with Crippen molar-refractivity contribution in [2.75, 3.05) is 6.54 Å². The molecule has 2 N–H and O–H groups in total. The highest BCUT2D eigenvalue weighted by molar-refractivity contribution is 5.85. The van der Waals surface area contributed by atoms with E-state index in [1.165, 1.54) is 0 Å². The highest BCUT2D eigenvalue weighted by Crippen LogP contribution is 1.99. The van der Waals surface area contributed by atoms with E-state index >= 15 is 0 Å². The number of nitrogens with one attached hydrogen (secondary N) is 1. The largest absolute Gasteiger partial charge is 0.480 e. The van der Waals surface area contributed by atoms with Gasteiger partial charge < -0.3 is 10.4 Å². The molecule has 1 unspecified atom stereocenters. The first-order valence-corrected chi connectivity index (χ1v) is 2.27. The lowest BCUT2D eigenvalue weighted by Gasteiger charge is -2.22. The van der Waals surface area contributed by atoms with Crippen molar-refractivity contribution < 1.29 is 9.90 Å². The average Bonchev–Trinajstić information content (AvgIpc) is 1.23. The Morgan fingerprint density at radius 3 is 2.25 bits per heavy atom. The van der Waals surface area contributed by atoms with Crippen molar-refractivity contribution in [1.29, 1.82) is 0 Å². The molecule has 0 aromatic heterocycles. The van der Waals surface area contributed by atoms with E-state index in [1.54, 1.807) is 0 Å². The summed E-state index contributed by atoms with van der Waals surface area (Å²) in [6.07, 6.45) is 0.787. The maximum Gasteiger partial charge on any atom is 0.320 e. The van der Waals surface area contributed by atoms with Crippen LogP contribution in [-0.2, 0) is 4.79 Å². The summed E-state index contributed by atoms with van der Waals surface area (Å²) in [6.45, 7) is 0.858. The summed E-state index contributed by atoms with van der Waals surface area (Å²) >= 11 is 0. The van der Waals surface area contributed by atoms with E-state index in [0.717, 1.165) is 13.0 Å². The smallest absolute Gasteiger partial charge is 0.320 e. The lowest BCUT2D eigenvalue weighted by molar-refractivity contribution is -0.141. The molecule has 1 aliphatic heterocycles. The highest BCUT2D eigenvalue weighted by Gasteiger charge is 2.22. The zero-order chi connectivity index (χ0) is 5.28. The molecule has 0 bridgehead atoms. The van der Waals surface area contributed by atoms with Gasteiger partial charge >= 0.3 is 5.97 Å². The average molecular weight is 138 g/mol. The highest BCUT2D eigenvalue weighted by atomic mass is 35.5. The summed E-state index contributed by atoms with van der Waals surface area (Å²) in [5, 5.41) is 10.9. The van der Waals surface area contributed by atoms with Crippen LogP contribution in [0.25, 0.3) is 0 Å². The third-order valence-corrected chi connectivity index (χ3v) is 1.12. The number of carbonyl (C=O) groups is 1. The van der Waals surface area contributed by atoms with Crippen molar-refractivity contribution in [2.24, 2.45) is 0 Å². The number of aliphatic carboxylic acids is 1. The van der Waals surface area contributed by atoms with Gasteiger partial charge in [-0.05, 0) is 13.0 Å². The monoisotopic (exact) mass is 137 g/mol. The first-order valence-electron chi connectivity index (χ1n) is 2.27. The zero-order valence-corrected chi connectivity index (χ0v) is 5.07. The van der Waals surface area contributed by atoms with Crippen molar-refractivity contribution in [3.8, 4) is 0 Å². The van der Waals surface area contributed by atoms with Crippen LogP contribution in [0.2, 0.25) is 0 Å². The predicted molar refractivity (Wildman–Crippen MR) is 31.3 cm³/mol. The Kier molecular flexibility index (Phi) is 2.79. The van der Waals surface area contributed by atoms with Gasteiger partial charge in [0, 0.05) is 0 Å². The van der Waals surface area contributed by atoms with Crippen LogP contribution in [0, 0.1) is 0 Å². The number of carboxylic acid groups (broad SMARTS) is 1. The second-order valence-electron chi connectivity index (χ2n) is 1.63. The van der Waals surface area contributed by atoms with Crippen LogP contribution >= 0.6 is 12.4 Å². The minimum Gasteiger partial charge on any atom is -0.480 e. The van der Waals surface area contributed by atoms with Gasteiger partial charge in [0.15, 0.2) is 0 Å². The molecule has 0 aromatic carbocycles. The van der Waals surface area contributed by atoms with E-state index in [1.807, 2.05) is 0 Å². The molecule has 4 heteroatoms. The molecule has 1 atom stereocenters. The van der Waals surface area contributed by atoms with Gasteiger partial charge in [0.2, 0.25) is 0 Å². The number of hydrogen-bond donors (Lipinski definition) is 2. The molecule has 3 nitrogen and oxygen atoms in total. The van der Waals surface area contributed by atoms with E-state index < -0.39 is 5.97 Å². The predicted octanol–water partition coefficient (Wildman–Crippen LogP) is -0.145. The zero-order valence-electron chi connectivity index (χ0n) is 4.26. The number of halogens is 1. The van der Waals surface area contributed by atoms with Crippen LogP contribution in [0.3, 0.4) is 0 Å². The second-order valence-corrected chi connectivity index (χ2v) is 1.63. The van der Waals surface area contributed by atoms with E-state index in [0.29, 0.717) is 0 Å². The molecular formula is C4H8ClNO2. The first-order chi connectivity index (χ1) is 3.30. The normalized spacial score (nSPS) is 25.2. The Bertz CT molecular complexity index is 92.0. The van der Waals surface area contributed by atoms with E-state index in [2.05, 4.69) is 5.32 Å². The molecule has 1 heterocycles. The number of rotatable bonds is 1. The molecule has 0 aromatic rings. The lowest BCUT2D eigenvalue weighted by atomic mass is 10.1.